The molecule has 32 heavy (non-hydrogen) atoms. The second kappa shape index (κ2) is 10.8. The van der Waals surface area contributed by atoms with E-state index in [1.807, 2.05) is 4.90 Å². The van der Waals surface area contributed by atoms with Crippen LogP contribution in [-0.2, 0) is 9.53 Å². The van der Waals surface area contributed by atoms with Crippen molar-refractivity contribution in [1.82, 2.24) is 0 Å². The number of hydrogen-bond acceptors (Lipinski definition) is 5. The number of carbonyl (C=O) groups is 1. The molecular formula is C23H24F3N3O3. The van der Waals surface area contributed by atoms with E-state index in [0.29, 0.717) is 55.5 Å². The predicted octanol–water partition coefficient (Wildman–Crippen LogP) is 3.96. The Hall–Kier alpha value is -3.33. The molecule has 0 spiro atoms. The molecule has 1 aliphatic rings. The number of nitrogens with zero attached hydrogens (tertiary/aromatic N) is 3. The van der Waals surface area contributed by atoms with Gasteiger partial charge in [0.25, 0.3) is 0 Å². The maximum absolute atomic E-state index is 14.9. The number of likely N-dealkylation sites (N-methyl/N-ethyl adjacent to an activating group) is 1. The molecule has 1 heterocycles. The number of aldehydes is 1. The third kappa shape index (κ3) is 6.10. The molecule has 0 radical (unpaired) electrons. The summed E-state index contributed by atoms with van der Waals surface area (Å²) in [6, 6.07) is 7.63. The Morgan fingerprint density at radius 3 is 2.47 bits per heavy atom. The van der Waals surface area contributed by atoms with Gasteiger partial charge in [-0.05, 0) is 31.2 Å². The summed E-state index contributed by atoms with van der Waals surface area (Å²) < 4.78 is 52.6. The molecule has 2 aromatic carbocycles. The third-order valence-corrected chi connectivity index (χ3v) is 4.88. The van der Waals surface area contributed by atoms with Crippen molar-refractivity contribution in [2.24, 2.45) is 4.99 Å². The van der Waals surface area contributed by atoms with Gasteiger partial charge >= 0.3 is 0 Å². The van der Waals surface area contributed by atoms with Crippen LogP contribution in [0.15, 0.2) is 53.2 Å². The molecule has 0 N–H and O–H groups in total. The van der Waals surface area contributed by atoms with E-state index in [4.69, 9.17) is 9.47 Å². The number of benzene rings is 2. The first kappa shape index (κ1) is 23.3. The SMILES string of the molecule is C/C(=C/C=O)N=C(COc1cc(F)cc(F)c1)N(C)c1ccc(N2CCOCC2)c(F)c1. The van der Waals surface area contributed by atoms with Crippen LogP contribution in [0.5, 0.6) is 5.75 Å². The molecule has 0 saturated carbocycles. The minimum atomic E-state index is -0.773. The van der Waals surface area contributed by atoms with Crippen LogP contribution in [0.1, 0.15) is 6.92 Å². The summed E-state index contributed by atoms with van der Waals surface area (Å²) in [6.45, 7) is 3.73. The van der Waals surface area contributed by atoms with E-state index >= 15 is 0 Å². The Labute approximate surface area is 184 Å². The standard InChI is InChI=1S/C23H24F3N3O3/c1-16(5-8-30)27-23(15-32-20-12-17(24)11-18(25)13-20)28(2)19-3-4-22(21(26)14-19)29-6-9-31-10-7-29/h3-5,8,11-14H,6-7,9-10,15H2,1-2H3/b16-5-,27-23?. The average molecular weight is 447 g/mol. The summed E-state index contributed by atoms with van der Waals surface area (Å²) in [4.78, 5) is 18.6. The molecule has 170 valence electrons. The monoisotopic (exact) mass is 447 g/mol. The molecule has 3 rings (SSSR count). The van der Waals surface area contributed by atoms with Gasteiger partial charge in [0, 0.05) is 49.7 Å². The van der Waals surface area contributed by atoms with Gasteiger partial charge in [-0.3, -0.25) is 4.79 Å². The van der Waals surface area contributed by atoms with Gasteiger partial charge < -0.3 is 19.3 Å². The topological polar surface area (TPSA) is 54.4 Å². The number of allylic oxidation sites excluding steroid dienone is 2. The van der Waals surface area contributed by atoms with Crippen LogP contribution < -0.4 is 14.5 Å². The smallest absolute Gasteiger partial charge is 0.148 e. The zero-order valence-corrected chi connectivity index (χ0v) is 17.9. The maximum atomic E-state index is 14.9. The zero-order valence-electron chi connectivity index (χ0n) is 17.9. The third-order valence-electron chi connectivity index (χ3n) is 4.88. The van der Waals surface area contributed by atoms with Crippen LogP contribution in [0.4, 0.5) is 24.5 Å². The van der Waals surface area contributed by atoms with E-state index in [-0.39, 0.29) is 12.4 Å². The number of morpholine rings is 1. The fourth-order valence-electron chi connectivity index (χ4n) is 3.22. The second-order valence-corrected chi connectivity index (χ2v) is 7.16. The van der Waals surface area contributed by atoms with E-state index in [9.17, 15) is 18.0 Å². The lowest BCUT2D eigenvalue weighted by Crippen LogP contribution is -2.37. The molecule has 2 aromatic rings. The molecule has 0 aliphatic carbocycles. The van der Waals surface area contributed by atoms with Crippen molar-refractivity contribution in [2.75, 3.05) is 49.8 Å². The summed E-state index contributed by atoms with van der Waals surface area (Å²) in [5, 5.41) is 0. The number of aliphatic imine (C=N–C) groups is 1. The lowest BCUT2D eigenvalue weighted by molar-refractivity contribution is -0.104. The van der Waals surface area contributed by atoms with Crippen molar-refractivity contribution in [1.29, 1.82) is 0 Å². The Kier molecular flexibility index (Phi) is 7.88. The highest BCUT2D eigenvalue weighted by Crippen LogP contribution is 2.26. The highest BCUT2D eigenvalue weighted by molar-refractivity contribution is 5.99. The molecule has 9 heteroatoms. The minimum Gasteiger partial charge on any atom is -0.485 e. The summed E-state index contributed by atoms with van der Waals surface area (Å²) >= 11 is 0. The lowest BCUT2D eigenvalue weighted by atomic mass is 10.2. The minimum absolute atomic E-state index is 0.0190. The van der Waals surface area contributed by atoms with Crippen LogP contribution in [-0.4, -0.2) is 52.1 Å². The first-order valence-electron chi connectivity index (χ1n) is 10.0. The molecule has 6 nitrogen and oxygen atoms in total. The highest BCUT2D eigenvalue weighted by atomic mass is 19.1. The normalized spacial score (nSPS) is 15.0. The molecule has 1 saturated heterocycles. The van der Waals surface area contributed by atoms with Crippen molar-refractivity contribution in [3.05, 3.63) is 65.6 Å². The van der Waals surface area contributed by atoms with Crippen molar-refractivity contribution >= 4 is 23.5 Å². The number of rotatable bonds is 7. The summed E-state index contributed by atoms with van der Waals surface area (Å²) in [7, 11) is 1.66. The van der Waals surface area contributed by atoms with Gasteiger partial charge in [0.2, 0.25) is 0 Å². The first-order chi connectivity index (χ1) is 15.4. The van der Waals surface area contributed by atoms with Crippen LogP contribution >= 0.6 is 0 Å². The highest BCUT2D eigenvalue weighted by Gasteiger charge is 2.18. The van der Waals surface area contributed by atoms with Gasteiger partial charge in [0.05, 0.1) is 18.9 Å². The Morgan fingerprint density at radius 1 is 1.16 bits per heavy atom. The van der Waals surface area contributed by atoms with Crippen LogP contribution in [0, 0.1) is 17.5 Å². The Morgan fingerprint density at radius 2 is 1.84 bits per heavy atom. The maximum Gasteiger partial charge on any atom is 0.148 e. The van der Waals surface area contributed by atoms with Crippen LogP contribution in [0.25, 0.3) is 0 Å². The van der Waals surface area contributed by atoms with Crippen molar-refractivity contribution < 1.29 is 27.4 Å². The molecule has 1 aliphatic heterocycles. The average Bonchev–Trinajstić information content (AvgIpc) is 2.76. The zero-order chi connectivity index (χ0) is 23.1. The van der Waals surface area contributed by atoms with E-state index < -0.39 is 17.5 Å². The van der Waals surface area contributed by atoms with Crippen LogP contribution in [0.3, 0.4) is 0 Å². The Bertz CT molecular complexity index is 1000. The van der Waals surface area contributed by atoms with Gasteiger partial charge in [-0.2, -0.15) is 0 Å². The summed E-state index contributed by atoms with van der Waals surface area (Å²) in [6.07, 6.45) is 1.86. The molecule has 0 bridgehead atoms. The van der Waals surface area contributed by atoms with Crippen molar-refractivity contribution in [3.63, 3.8) is 0 Å². The van der Waals surface area contributed by atoms with Crippen molar-refractivity contribution in [3.8, 4) is 5.75 Å². The molecule has 0 amide bonds. The number of carbonyl (C=O) groups excluding carboxylic acids is 1. The number of halogens is 3. The van der Waals surface area contributed by atoms with E-state index in [2.05, 4.69) is 4.99 Å². The van der Waals surface area contributed by atoms with Gasteiger partial charge in [-0.25, -0.2) is 18.2 Å². The Balaban J connectivity index is 1.84. The second-order valence-electron chi connectivity index (χ2n) is 7.16. The van der Waals surface area contributed by atoms with Gasteiger partial charge in [-0.1, -0.05) is 0 Å². The van der Waals surface area contributed by atoms with Crippen LogP contribution in [0.2, 0.25) is 0 Å². The van der Waals surface area contributed by atoms with Crippen molar-refractivity contribution in [2.45, 2.75) is 6.92 Å². The number of hydrogen-bond donors (Lipinski definition) is 0. The van der Waals surface area contributed by atoms with Gasteiger partial charge in [0.1, 0.15) is 41.9 Å². The summed E-state index contributed by atoms with van der Waals surface area (Å²) in [5.41, 5.74) is 1.36. The number of amidine groups is 1. The molecular weight excluding hydrogens is 423 g/mol. The molecule has 0 unspecified atom stereocenters. The lowest BCUT2D eigenvalue weighted by Gasteiger charge is -2.30. The number of anilines is 2. The molecule has 0 aromatic heterocycles. The van der Waals surface area contributed by atoms with Gasteiger partial charge in [-0.15, -0.1) is 0 Å². The fraction of sp³-hybridized carbons (Fsp3) is 0.304. The largest absolute Gasteiger partial charge is 0.485 e. The van der Waals surface area contributed by atoms with Gasteiger partial charge in [0.15, 0.2) is 0 Å². The molecule has 0 atom stereocenters. The van der Waals surface area contributed by atoms with E-state index in [0.717, 1.165) is 18.2 Å². The number of ether oxygens (including phenoxy) is 2. The van der Waals surface area contributed by atoms with E-state index in [1.165, 1.54) is 12.1 Å². The molecule has 1 fully saturated rings. The summed E-state index contributed by atoms with van der Waals surface area (Å²) in [5.74, 6) is -1.66. The first-order valence-corrected chi connectivity index (χ1v) is 10.0. The van der Waals surface area contributed by atoms with E-state index in [1.54, 1.807) is 31.0 Å². The quantitative estimate of drug-likeness (QED) is 0.278. The predicted molar refractivity (Wildman–Crippen MR) is 117 cm³/mol. The fourth-order valence-corrected chi connectivity index (χ4v) is 3.22.